The Hall–Kier alpha value is -2.12. The van der Waals surface area contributed by atoms with Crippen LogP contribution in [-0.4, -0.2) is 42.0 Å². The first-order valence-corrected chi connectivity index (χ1v) is 12.3. The first-order chi connectivity index (χ1) is 15.9. The predicted molar refractivity (Wildman–Crippen MR) is 122 cm³/mol. The highest BCUT2D eigenvalue weighted by molar-refractivity contribution is 5.74. The number of fused-ring (bicyclic) bond motifs is 3. The molecule has 1 aromatic heterocycles. The van der Waals surface area contributed by atoms with Gasteiger partial charge >= 0.3 is 11.9 Å². The molecule has 0 radical (unpaired) electrons. The number of hydrogen-bond acceptors (Lipinski definition) is 7. The van der Waals surface area contributed by atoms with Gasteiger partial charge in [-0.3, -0.25) is 9.59 Å². The lowest BCUT2D eigenvalue weighted by molar-refractivity contribution is -0.314. The van der Waals surface area contributed by atoms with Gasteiger partial charge in [-0.25, -0.2) is 0 Å². The summed E-state index contributed by atoms with van der Waals surface area (Å²) in [6, 6.07) is 1.84. The van der Waals surface area contributed by atoms with Crippen LogP contribution in [0.15, 0.2) is 35.2 Å². The lowest BCUT2D eigenvalue weighted by Gasteiger charge is -2.71. The number of ether oxygens (including phenoxy) is 3. The Balaban J connectivity index is 1.62. The zero-order valence-corrected chi connectivity index (χ0v) is 20.8. The molecule has 2 aliphatic carbocycles. The fourth-order valence-corrected chi connectivity index (χ4v) is 8.07. The molecule has 0 amide bonds. The van der Waals surface area contributed by atoms with Gasteiger partial charge < -0.3 is 23.7 Å². The van der Waals surface area contributed by atoms with Crippen LogP contribution in [0.3, 0.4) is 0 Å². The second kappa shape index (κ2) is 7.44. The average molecular weight is 473 g/mol. The highest BCUT2D eigenvalue weighted by atomic mass is 16.6. The largest absolute Gasteiger partial charge is 0.472 e. The van der Waals surface area contributed by atoms with Crippen LogP contribution in [0.1, 0.15) is 71.5 Å². The van der Waals surface area contributed by atoms with E-state index in [1.165, 1.54) is 7.11 Å². The van der Waals surface area contributed by atoms with E-state index in [9.17, 15) is 14.7 Å². The normalized spacial score (nSPS) is 45.1. The molecule has 5 rings (SSSR count). The van der Waals surface area contributed by atoms with Crippen LogP contribution in [0.25, 0.3) is 0 Å². The molecule has 4 aliphatic rings. The highest BCUT2D eigenvalue weighted by Gasteiger charge is 2.73. The number of cyclic esters (lactones) is 1. The summed E-state index contributed by atoms with van der Waals surface area (Å²) < 4.78 is 23.3. The van der Waals surface area contributed by atoms with Crippen LogP contribution in [0.5, 0.6) is 0 Å². The molecular weight excluding hydrogens is 436 g/mol. The van der Waals surface area contributed by atoms with Crippen LogP contribution in [0, 0.1) is 28.1 Å². The molecule has 2 saturated carbocycles. The van der Waals surface area contributed by atoms with Crippen molar-refractivity contribution in [2.75, 3.05) is 7.11 Å². The monoisotopic (exact) mass is 472 g/mol. The van der Waals surface area contributed by atoms with Gasteiger partial charge in [-0.15, -0.1) is 0 Å². The van der Waals surface area contributed by atoms with Gasteiger partial charge in [0.25, 0.3) is 0 Å². The molecule has 4 fully saturated rings. The molecule has 1 aromatic rings. The number of methoxy groups -OCH3 is 1. The maximum atomic E-state index is 13.0. The predicted octanol–water partition coefficient (Wildman–Crippen LogP) is 4.35. The minimum absolute atomic E-state index is 0.0386. The molecule has 1 N–H and O–H groups in total. The fraction of sp³-hybridized carbons (Fsp3) is 0.704. The maximum absolute atomic E-state index is 13.0. The molecule has 2 bridgehead atoms. The Kier molecular flexibility index (Phi) is 5.17. The van der Waals surface area contributed by atoms with E-state index < -0.39 is 34.1 Å². The lowest BCUT2D eigenvalue weighted by atomic mass is 9.41. The van der Waals surface area contributed by atoms with E-state index in [4.69, 9.17) is 18.6 Å². The molecule has 2 saturated heterocycles. The van der Waals surface area contributed by atoms with E-state index in [-0.39, 0.29) is 42.7 Å². The van der Waals surface area contributed by atoms with E-state index >= 15 is 0 Å². The molecule has 7 heteroatoms. The summed E-state index contributed by atoms with van der Waals surface area (Å²) in [5, 5.41) is 11.2. The van der Waals surface area contributed by atoms with Gasteiger partial charge in [0.2, 0.25) is 0 Å². The van der Waals surface area contributed by atoms with Crippen molar-refractivity contribution < 1.29 is 33.3 Å². The van der Waals surface area contributed by atoms with Crippen molar-refractivity contribution in [1.82, 2.24) is 0 Å². The topological polar surface area (TPSA) is 95.2 Å². The van der Waals surface area contributed by atoms with Crippen molar-refractivity contribution in [2.24, 2.45) is 28.1 Å². The summed E-state index contributed by atoms with van der Waals surface area (Å²) in [7, 11) is 1.40. The van der Waals surface area contributed by atoms with E-state index in [1.54, 1.807) is 12.5 Å². The van der Waals surface area contributed by atoms with Gasteiger partial charge in [0, 0.05) is 29.2 Å². The van der Waals surface area contributed by atoms with Crippen molar-refractivity contribution in [1.29, 1.82) is 0 Å². The number of hydrogen-bond donors (Lipinski definition) is 1. The summed E-state index contributed by atoms with van der Waals surface area (Å²) in [6.45, 7) is 12.9. The molecule has 186 valence electrons. The van der Waals surface area contributed by atoms with Crippen molar-refractivity contribution >= 4 is 11.9 Å². The molecule has 7 nitrogen and oxygen atoms in total. The highest BCUT2D eigenvalue weighted by Crippen LogP contribution is 2.72. The molecular formula is C27H36O7. The van der Waals surface area contributed by atoms with Crippen LogP contribution in [0.4, 0.5) is 0 Å². The van der Waals surface area contributed by atoms with Gasteiger partial charge in [0.1, 0.15) is 11.7 Å². The summed E-state index contributed by atoms with van der Waals surface area (Å²) in [6.07, 6.45) is 4.06. The summed E-state index contributed by atoms with van der Waals surface area (Å²) in [4.78, 5) is 25.5. The Morgan fingerprint density at radius 3 is 2.68 bits per heavy atom. The Morgan fingerprint density at radius 2 is 2.03 bits per heavy atom. The van der Waals surface area contributed by atoms with Gasteiger partial charge in [0.15, 0.2) is 0 Å². The van der Waals surface area contributed by atoms with Gasteiger partial charge in [-0.05, 0) is 41.7 Å². The first kappa shape index (κ1) is 23.6. The molecule has 2 aliphatic heterocycles. The third-order valence-corrected chi connectivity index (χ3v) is 10.2. The second-order valence-electron chi connectivity index (χ2n) is 11.8. The van der Waals surface area contributed by atoms with Gasteiger partial charge in [-0.1, -0.05) is 34.3 Å². The lowest BCUT2D eigenvalue weighted by Crippen LogP contribution is -2.73. The third kappa shape index (κ3) is 2.83. The molecule has 3 heterocycles. The minimum Gasteiger partial charge on any atom is -0.472 e. The maximum Gasteiger partial charge on any atom is 0.309 e. The van der Waals surface area contributed by atoms with E-state index in [0.29, 0.717) is 6.42 Å². The summed E-state index contributed by atoms with van der Waals surface area (Å²) in [5.74, 6) is -0.752. The SMILES string of the molecule is C=C1C2CC[C@]3(C)[C@@H](c4ccoc4)OC(=O)C[C@]13O[C@H]1C[C@@H](O)C(C)(C)C(CC(=O)OC)[C@@]21C. The van der Waals surface area contributed by atoms with E-state index in [1.807, 2.05) is 19.9 Å². The number of esters is 2. The zero-order valence-electron chi connectivity index (χ0n) is 20.8. The quantitative estimate of drug-likeness (QED) is 0.516. The van der Waals surface area contributed by atoms with Crippen LogP contribution >= 0.6 is 0 Å². The van der Waals surface area contributed by atoms with E-state index in [2.05, 4.69) is 20.4 Å². The molecule has 0 aromatic carbocycles. The first-order valence-electron chi connectivity index (χ1n) is 12.3. The van der Waals surface area contributed by atoms with E-state index in [0.717, 1.165) is 24.0 Å². The van der Waals surface area contributed by atoms with Crippen molar-refractivity contribution in [3.8, 4) is 0 Å². The van der Waals surface area contributed by atoms with Crippen molar-refractivity contribution in [3.63, 3.8) is 0 Å². The Labute approximate surface area is 200 Å². The molecule has 1 spiro atoms. The minimum atomic E-state index is -0.908. The van der Waals surface area contributed by atoms with Gasteiger partial charge in [-0.2, -0.15) is 0 Å². The number of carbonyl (C=O) groups excluding carboxylic acids is 2. The number of aliphatic hydroxyl groups is 1. The summed E-state index contributed by atoms with van der Waals surface area (Å²) >= 11 is 0. The smallest absolute Gasteiger partial charge is 0.309 e. The van der Waals surface area contributed by atoms with Crippen LogP contribution < -0.4 is 0 Å². The van der Waals surface area contributed by atoms with Crippen molar-refractivity contribution in [3.05, 3.63) is 36.3 Å². The zero-order chi connectivity index (χ0) is 24.7. The molecule has 2 unspecified atom stereocenters. The second-order valence-corrected chi connectivity index (χ2v) is 11.8. The van der Waals surface area contributed by atoms with Crippen molar-refractivity contribution in [2.45, 2.75) is 83.7 Å². The van der Waals surface area contributed by atoms with Gasteiger partial charge in [0.05, 0.1) is 38.3 Å². The Morgan fingerprint density at radius 1 is 1.29 bits per heavy atom. The number of carbonyl (C=O) groups is 2. The fourth-order valence-electron chi connectivity index (χ4n) is 8.07. The molecule has 8 atom stereocenters. The summed E-state index contributed by atoms with van der Waals surface area (Å²) in [5.41, 5.74) is -0.672. The Bertz CT molecular complexity index is 1010. The molecule has 34 heavy (non-hydrogen) atoms. The third-order valence-electron chi connectivity index (χ3n) is 10.2. The number of rotatable bonds is 3. The van der Waals surface area contributed by atoms with Crippen LogP contribution in [0.2, 0.25) is 0 Å². The van der Waals surface area contributed by atoms with Crippen LogP contribution in [-0.2, 0) is 23.8 Å². The number of aliphatic hydroxyl groups excluding tert-OH is 1. The average Bonchev–Trinajstić information content (AvgIpc) is 3.30. The standard InChI is InChI=1S/C27H36O7/c1-15-17-7-9-25(4)23(16-8-10-32-14-16)33-22(30)13-27(15,25)34-20-12-19(28)24(2,3)18(26(17,20)5)11-21(29)31-6/h8,10,14,17-20,23,28H,1,7,9,11-13H2,2-6H3/t17?,18?,19-,20+,23-,25-,26-,27+/m1/s1. The number of furan rings is 1.